The molecule has 6 heteroatoms. The van der Waals surface area contributed by atoms with Crippen molar-refractivity contribution in [3.63, 3.8) is 0 Å². The lowest BCUT2D eigenvalue weighted by Crippen LogP contribution is -2.39. The van der Waals surface area contributed by atoms with Crippen LogP contribution in [-0.4, -0.2) is 31.0 Å². The minimum atomic E-state index is -0.353. The monoisotopic (exact) mass is 342 g/mol. The maximum atomic E-state index is 13.0. The Balaban J connectivity index is 1.53. The fourth-order valence-electron chi connectivity index (χ4n) is 2.81. The molecule has 0 aromatic heterocycles. The number of nitrogens with one attached hydrogen (secondary N) is 1. The molecule has 25 heavy (non-hydrogen) atoms. The number of amides is 2. The fourth-order valence-corrected chi connectivity index (χ4v) is 2.81. The van der Waals surface area contributed by atoms with E-state index < -0.39 is 0 Å². The molecule has 1 saturated heterocycles. The van der Waals surface area contributed by atoms with Crippen LogP contribution < -0.4 is 15.0 Å². The second-order valence-electron chi connectivity index (χ2n) is 6.00. The van der Waals surface area contributed by atoms with Crippen LogP contribution in [0.1, 0.15) is 12.0 Å². The van der Waals surface area contributed by atoms with Gasteiger partial charge in [-0.15, -0.1) is 0 Å². The number of anilines is 1. The maximum absolute atomic E-state index is 13.0. The lowest BCUT2D eigenvalue weighted by atomic mass is 10.2. The predicted octanol–water partition coefficient (Wildman–Crippen LogP) is 2.43. The molecule has 1 N–H and O–H groups in total. The zero-order valence-corrected chi connectivity index (χ0v) is 13.9. The Hall–Kier alpha value is -2.89. The van der Waals surface area contributed by atoms with Gasteiger partial charge in [-0.3, -0.25) is 9.59 Å². The number of rotatable bonds is 5. The van der Waals surface area contributed by atoms with Gasteiger partial charge in [0.15, 0.2) is 6.61 Å². The summed E-state index contributed by atoms with van der Waals surface area (Å²) >= 11 is 0. The van der Waals surface area contributed by atoms with Crippen LogP contribution in [0, 0.1) is 12.7 Å². The van der Waals surface area contributed by atoms with Crippen LogP contribution in [0.2, 0.25) is 0 Å². The van der Waals surface area contributed by atoms with Crippen molar-refractivity contribution in [2.45, 2.75) is 19.4 Å². The Labute approximate surface area is 145 Å². The van der Waals surface area contributed by atoms with Crippen molar-refractivity contribution >= 4 is 17.5 Å². The smallest absolute Gasteiger partial charge is 0.258 e. The molecule has 0 saturated carbocycles. The van der Waals surface area contributed by atoms with Gasteiger partial charge < -0.3 is 15.0 Å². The van der Waals surface area contributed by atoms with Gasteiger partial charge in [-0.25, -0.2) is 4.39 Å². The van der Waals surface area contributed by atoms with Crippen LogP contribution in [0.25, 0.3) is 0 Å². The third-order valence-corrected chi connectivity index (χ3v) is 4.08. The van der Waals surface area contributed by atoms with Gasteiger partial charge in [0.05, 0.1) is 6.04 Å². The second-order valence-corrected chi connectivity index (χ2v) is 6.00. The van der Waals surface area contributed by atoms with E-state index in [0.717, 1.165) is 5.56 Å². The first kappa shape index (κ1) is 17.0. The number of halogens is 1. The third kappa shape index (κ3) is 4.15. The molecule has 0 spiro atoms. The first-order chi connectivity index (χ1) is 12.0. The Morgan fingerprint density at radius 1 is 1.24 bits per heavy atom. The number of ether oxygens (including phenoxy) is 1. The molecule has 2 aromatic carbocycles. The van der Waals surface area contributed by atoms with Gasteiger partial charge in [0.25, 0.3) is 5.91 Å². The third-order valence-electron chi connectivity index (χ3n) is 4.08. The van der Waals surface area contributed by atoms with Crippen LogP contribution in [0.5, 0.6) is 5.75 Å². The molecule has 130 valence electrons. The van der Waals surface area contributed by atoms with E-state index in [9.17, 15) is 14.0 Å². The highest BCUT2D eigenvalue weighted by molar-refractivity contribution is 5.96. The van der Waals surface area contributed by atoms with Gasteiger partial charge in [0.2, 0.25) is 5.91 Å². The summed E-state index contributed by atoms with van der Waals surface area (Å²) in [4.78, 5) is 25.7. The predicted molar refractivity (Wildman–Crippen MR) is 92.0 cm³/mol. The van der Waals surface area contributed by atoms with Gasteiger partial charge in [0, 0.05) is 18.7 Å². The summed E-state index contributed by atoms with van der Waals surface area (Å²) in [5, 5.41) is 2.81. The molecule has 1 aliphatic rings. The molecular formula is C19H19FN2O3. The Bertz CT molecular complexity index is 776. The first-order valence-electron chi connectivity index (χ1n) is 8.06. The van der Waals surface area contributed by atoms with Gasteiger partial charge in [-0.05, 0) is 42.8 Å². The molecule has 0 unspecified atom stereocenters. The molecule has 2 amide bonds. The van der Waals surface area contributed by atoms with E-state index in [1.54, 1.807) is 23.1 Å². The number of para-hydroxylation sites is 1. The minimum absolute atomic E-state index is 0.100. The molecule has 1 fully saturated rings. The first-order valence-corrected chi connectivity index (χ1v) is 8.06. The number of aryl methyl sites for hydroxylation is 1. The van der Waals surface area contributed by atoms with E-state index in [0.29, 0.717) is 18.0 Å². The summed E-state index contributed by atoms with van der Waals surface area (Å²) in [7, 11) is 0. The van der Waals surface area contributed by atoms with Crippen molar-refractivity contribution in [1.29, 1.82) is 0 Å². The Morgan fingerprint density at radius 2 is 1.96 bits per heavy atom. The zero-order chi connectivity index (χ0) is 17.8. The van der Waals surface area contributed by atoms with E-state index in [4.69, 9.17) is 4.74 Å². The SMILES string of the molecule is Cc1ccccc1OCC(=O)N[C@H]1CC(=O)N(c2ccc(F)cc2)C1. The molecule has 1 atom stereocenters. The lowest BCUT2D eigenvalue weighted by molar-refractivity contribution is -0.123. The average molecular weight is 342 g/mol. The van der Waals surface area contributed by atoms with Gasteiger partial charge in [-0.2, -0.15) is 0 Å². The summed E-state index contributed by atoms with van der Waals surface area (Å²) in [6, 6.07) is 12.9. The number of benzene rings is 2. The molecule has 0 aliphatic carbocycles. The largest absolute Gasteiger partial charge is 0.484 e. The van der Waals surface area contributed by atoms with Crippen molar-refractivity contribution in [1.82, 2.24) is 5.32 Å². The van der Waals surface area contributed by atoms with E-state index in [1.165, 1.54) is 12.1 Å². The fraction of sp³-hybridized carbons (Fsp3) is 0.263. The summed E-state index contributed by atoms with van der Waals surface area (Å²) in [5.41, 5.74) is 1.58. The molecule has 1 heterocycles. The van der Waals surface area contributed by atoms with E-state index in [-0.39, 0.29) is 36.7 Å². The minimum Gasteiger partial charge on any atom is -0.484 e. The van der Waals surface area contributed by atoms with Crippen molar-refractivity contribution in [3.8, 4) is 5.75 Å². The highest BCUT2D eigenvalue weighted by Crippen LogP contribution is 2.22. The van der Waals surface area contributed by atoms with Crippen molar-refractivity contribution in [3.05, 3.63) is 59.9 Å². The van der Waals surface area contributed by atoms with Gasteiger partial charge >= 0.3 is 0 Å². The summed E-state index contributed by atoms with van der Waals surface area (Å²) < 4.78 is 18.5. The van der Waals surface area contributed by atoms with Gasteiger partial charge in [-0.1, -0.05) is 18.2 Å². The standard InChI is InChI=1S/C19H19FN2O3/c1-13-4-2-3-5-17(13)25-12-18(23)21-15-10-19(24)22(11-15)16-8-6-14(20)7-9-16/h2-9,15H,10-12H2,1H3,(H,21,23)/t15-/m0/s1. The molecule has 5 nitrogen and oxygen atoms in total. The quantitative estimate of drug-likeness (QED) is 0.908. The number of carbonyl (C=O) groups is 2. The maximum Gasteiger partial charge on any atom is 0.258 e. The second kappa shape index (κ2) is 7.34. The summed E-state index contributed by atoms with van der Waals surface area (Å²) in [5.74, 6) is -0.0690. The molecule has 2 aromatic rings. The van der Waals surface area contributed by atoms with Crippen LogP contribution in [0.3, 0.4) is 0 Å². The Kier molecular flexibility index (Phi) is 4.97. The molecule has 3 rings (SSSR count). The molecular weight excluding hydrogens is 323 g/mol. The normalized spacial score (nSPS) is 16.8. The van der Waals surface area contributed by atoms with Crippen molar-refractivity contribution in [2.75, 3.05) is 18.1 Å². The molecule has 1 aliphatic heterocycles. The summed E-state index contributed by atoms with van der Waals surface area (Å²) in [6.07, 6.45) is 0.216. The average Bonchev–Trinajstić information content (AvgIpc) is 2.95. The van der Waals surface area contributed by atoms with Crippen LogP contribution in [0.15, 0.2) is 48.5 Å². The zero-order valence-electron chi connectivity index (χ0n) is 13.9. The number of hydrogen-bond donors (Lipinski definition) is 1. The Morgan fingerprint density at radius 3 is 2.68 bits per heavy atom. The van der Waals surface area contributed by atoms with Crippen molar-refractivity contribution < 1.29 is 18.7 Å². The van der Waals surface area contributed by atoms with Crippen LogP contribution in [0.4, 0.5) is 10.1 Å². The highest BCUT2D eigenvalue weighted by atomic mass is 19.1. The molecule has 0 bridgehead atoms. The van der Waals surface area contributed by atoms with Crippen molar-refractivity contribution in [2.24, 2.45) is 0 Å². The molecule has 0 radical (unpaired) electrons. The van der Waals surface area contributed by atoms with Crippen LogP contribution in [-0.2, 0) is 9.59 Å². The highest BCUT2D eigenvalue weighted by Gasteiger charge is 2.31. The van der Waals surface area contributed by atoms with E-state index in [1.807, 2.05) is 25.1 Å². The van der Waals surface area contributed by atoms with Crippen LogP contribution >= 0.6 is 0 Å². The lowest BCUT2D eigenvalue weighted by Gasteiger charge is -2.17. The number of nitrogens with zero attached hydrogens (tertiary/aromatic N) is 1. The topological polar surface area (TPSA) is 58.6 Å². The number of hydrogen-bond acceptors (Lipinski definition) is 3. The number of carbonyl (C=O) groups excluding carboxylic acids is 2. The van der Waals surface area contributed by atoms with Gasteiger partial charge in [0.1, 0.15) is 11.6 Å². The van der Waals surface area contributed by atoms with E-state index in [2.05, 4.69) is 5.32 Å². The summed E-state index contributed by atoms with van der Waals surface area (Å²) in [6.45, 7) is 2.16. The van der Waals surface area contributed by atoms with E-state index >= 15 is 0 Å².